The summed E-state index contributed by atoms with van der Waals surface area (Å²) in [5, 5.41) is 7.65. The second kappa shape index (κ2) is 5.10. The zero-order valence-corrected chi connectivity index (χ0v) is 10.5. The standard InChI is InChI=1S/C13H18N4/c1-4-17-12(6-8-16-17)13(14-3)11-9-15-7-5-10(11)2/h5-9,13-14H,4H2,1-3H3. The Morgan fingerprint density at radius 1 is 1.35 bits per heavy atom. The molecule has 2 aromatic heterocycles. The highest BCUT2D eigenvalue weighted by Gasteiger charge is 2.17. The molecule has 90 valence electrons. The maximum Gasteiger partial charge on any atom is 0.0763 e. The largest absolute Gasteiger partial charge is 0.308 e. The quantitative estimate of drug-likeness (QED) is 0.872. The summed E-state index contributed by atoms with van der Waals surface area (Å²) in [4.78, 5) is 4.21. The minimum absolute atomic E-state index is 0.145. The summed E-state index contributed by atoms with van der Waals surface area (Å²) in [7, 11) is 1.96. The Labute approximate surface area is 102 Å². The van der Waals surface area contributed by atoms with Crippen molar-refractivity contribution in [2.75, 3.05) is 7.05 Å². The maximum absolute atomic E-state index is 4.31. The third-order valence-corrected chi connectivity index (χ3v) is 3.02. The summed E-state index contributed by atoms with van der Waals surface area (Å²) >= 11 is 0. The number of hydrogen-bond donors (Lipinski definition) is 1. The van der Waals surface area contributed by atoms with E-state index in [4.69, 9.17) is 0 Å². The molecule has 2 heterocycles. The first-order valence-electron chi connectivity index (χ1n) is 5.87. The molecule has 1 unspecified atom stereocenters. The minimum atomic E-state index is 0.145. The molecule has 0 saturated carbocycles. The predicted molar refractivity (Wildman–Crippen MR) is 67.8 cm³/mol. The van der Waals surface area contributed by atoms with Crippen LogP contribution < -0.4 is 5.32 Å². The molecule has 1 N–H and O–H groups in total. The average molecular weight is 230 g/mol. The van der Waals surface area contributed by atoms with Crippen molar-refractivity contribution in [1.82, 2.24) is 20.1 Å². The van der Waals surface area contributed by atoms with E-state index in [-0.39, 0.29) is 6.04 Å². The van der Waals surface area contributed by atoms with Gasteiger partial charge >= 0.3 is 0 Å². The Kier molecular flexibility index (Phi) is 3.54. The molecule has 0 aromatic carbocycles. The van der Waals surface area contributed by atoms with Crippen LogP contribution in [0.25, 0.3) is 0 Å². The van der Waals surface area contributed by atoms with Gasteiger partial charge in [-0.3, -0.25) is 9.67 Å². The highest BCUT2D eigenvalue weighted by atomic mass is 15.3. The van der Waals surface area contributed by atoms with Gasteiger partial charge in [0.1, 0.15) is 0 Å². The molecule has 0 bridgehead atoms. The Balaban J connectivity index is 2.44. The van der Waals surface area contributed by atoms with Crippen LogP contribution in [0.3, 0.4) is 0 Å². The van der Waals surface area contributed by atoms with Gasteiger partial charge in [0.15, 0.2) is 0 Å². The number of hydrogen-bond acceptors (Lipinski definition) is 3. The number of nitrogens with one attached hydrogen (secondary N) is 1. The van der Waals surface area contributed by atoms with Crippen LogP contribution in [-0.2, 0) is 6.54 Å². The smallest absolute Gasteiger partial charge is 0.0763 e. The van der Waals surface area contributed by atoms with Crippen LogP contribution >= 0.6 is 0 Å². The van der Waals surface area contributed by atoms with Gasteiger partial charge in [-0.1, -0.05) is 0 Å². The first-order valence-corrected chi connectivity index (χ1v) is 5.87. The van der Waals surface area contributed by atoms with Crippen LogP contribution in [0.15, 0.2) is 30.7 Å². The van der Waals surface area contributed by atoms with Crippen molar-refractivity contribution >= 4 is 0 Å². The van der Waals surface area contributed by atoms with Crippen molar-refractivity contribution in [2.24, 2.45) is 0 Å². The fourth-order valence-corrected chi connectivity index (χ4v) is 2.09. The fourth-order valence-electron chi connectivity index (χ4n) is 2.09. The normalized spacial score (nSPS) is 12.6. The zero-order chi connectivity index (χ0) is 12.3. The molecular weight excluding hydrogens is 212 g/mol. The lowest BCUT2D eigenvalue weighted by atomic mass is 10.0. The maximum atomic E-state index is 4.31. The molecule has 0 spiro atoms. The summed E-state index contributed by atoms with van der Waals surface area (Å²) < 4.78 is 2.01. The van der Waals surface area contributed by atoms with Gasteiger partial charge < -0.3 is 5.32 Å². The van der Waals surface area contributed by atoms with E-state index in [1.54, 1.807) is 0 Å². The second-order valence-corrected chi connectivity index (χ2v) is 4.03. The first kappa shape index (κ1) is 11.8. The summed E-state index contributed by atoms with van der Waals surface area (Å²) in [6.07, 6.45) is 5.58. The Hall–Kier alpha value is -1.68. The number of aryl methyl sites for hydroxylation is 2. The lowest BCUT2D eigenvalue weighted by molar-refractivity contribution is 0.561. The Bertz CT molecular complexity index is 490. The lowest BCUT2D eigenvalue weighted by Crippen LogP contribution is -2.22. The van der Waals surface area contributed by atoms with Gasteiger partial charge in [-0.15, -0.1) is 0 Å². The van der Waals surface area contributed by atoms with Crippen LogP contribution in [0.1, 0.15) is 29.8 Å². The third-order valence-electron chi connectivity index (χ3n) is 3.02. The molecule has 2 aromatic rings. The van der Waals surface area contributed by atoms with Crippen molar-refractivity contribution in [1.29, 1.82) is 0 Å². The molecule has 0 amide bonds. The molecule has 4 heteroatoms. The van der Waals surface area contributed by atoms with E-state index in [9.17, 15) is 0 Å². The monoisotopic (exact) mass is 230 g/mol. The molecule has 17 heavy (non-hydrogen) atoms. The fraction of sp³-hybridized carbons (Fsp3) is 0.385. The summed E-state index contributed by atoms with van der Waals surface area (Å²) in [5.41, 5.74) is 3.61. The van der Waals surface area contributed by atoms with Crippen LogP contribution in [0.4, 0.5) is 0 Å². The molecule has 4 nitrogen and oxygen atoms in total. The van der Waals surface area contributed by atoms with E-state index in [0.717, 1.165) is 6.54 Å². The van der Waals surface area contributed by atoms with Gasteiger partial charge in [-0.2, -0.15) is 5.10 Å². The number of nitrogens with zero attached hydrogens (tertiary/aromatic N) is 3. The van der Waals surface area contributed by atoms with Gasteiger partial charge in [0, 0.05) is 25.1 Å². The van der Waals surface area contributed by atoms with Crippen molar-refractivity contribution in [3.8, 4) is 0 Å². The Morgan fingerprint density at radius 3 is 2.82 bits per heavy atom. The summed E-state index contributed by atoms with van der Waals surface area (Å²) in [6, 6.07) is 4.23. The molecule has 1 atom stereocenters. The van der Waals surface area contributed by atoms with Gasteiger partial charge in [0.05, 0.1) is 11.7 Å². The molecule has 0 radical (unpaired) electrons. The SMILES string of the molecule is CCn1nccc1C(NC)c1cnccc1C. The number of aromatic nitrogens is 3. The number of rotatable bonds is 4. The van der Waals surface area contributed by atoms with E-state index in [1.807, 2.05) is 36.4 Å². The summed E-state index contributed by atoms with van der Waals surface area (Å²) in [6.45, 7) is 5.08. The van der Waals surface area contributed by atoms with Crippen LogP contribution in [0.2, 0.25) is 0 Å². The molecule has 0 saturated heterocycles. The van der Waals surface area contributed by atoms with Gasteiger partial charge in [-0.05, 0) is 44.2 Å². The molecule has 2 rings (SSSR count). The molecule has 0 aliphatic carbocycles. The predicted octanol–water partition coefficient (Wildman–Crippen LogP) is 1.92. The van der Waals surface area contributed by atoms with Crippen LogP contribution in [0.5, 0.6) is 0 Å². The molecular formula is C13H18N4. The van der Waals surface area contributed by atoms with Crippen LogP contribution in [0, 0.1) is 6.92 Å². The van der Waals surface area contributed by atoms with Crippen molar-refractivity contribution in [3.63, 3.8) is 0 Å². The first-order chi connectivity index (χ1) is 8.27. The van der Waals surface area contributed by atoms with E-state index < -0.39 is 0 Å². The van der Waals surface area contributed by atoms with E-state index in [2.05, 4.69) is 35.3 Å². The number of pyridine rings is 1. The van der Waals surface area contributed by atoms with Gasteiger partial charge in [0.2, 0.25) is 0 Å². The van der Waals surface area contributed by atoms with Gasteiger partial charge in [0.25, 0.3) is 0 Å². The van der Waals surface area contributed by atoms with E-state index >= 15 is 0 Å². The van der Waals surface area contributed by atoms with Gasteiger partial charge in [-0.25, -0.2) is 0 Å². The van der Waals surface area contributed by atoms with E-state index in [1.165, 1.54) is 16.8 Å². The highest BCUT2D eigenvalue weighted by Crippen LogP contribution is 2.23. The van der Waals surface area contributed by atoms with Crippen molar-refractivity contribution < 1.29 is 0 Å². The lowest BCUT2D eigenvalue weighted by Gasteiger charge is -2.19. The van der Waals surface area contributed by atoms with Crippen molar-refractivity contribution in [2.45, 2.75) is 26.4 Å². The topological polar surface area (TPSA) is 42.7 Å². The minimum Gasteiger partial charge on any atom is -0.308 e. The third kappa shape index (κ3) is 2.22. The molecule has 0 aliphatic heterocycles. The van der Waals surface area contributed by atoms with Crippen LogP contribution in [-0.4, -0.2) is 21.8 Å². The zero-order valence-electron chi connectivity index (χ0n) is 10.5. The molecule has 0 fully saturated rings. The average Bonchev–Trinajstić information content (AvgIpc) is 2.81. The highest BCUT2D eigenvalue weighted by molar-refractivity contribution is 5.31. The molecule has 0 aliphatic rings. The second-order valence-electron chi connectivity index (χ2n) is 4.03. The van der Waals surface area contributed by atoms with E-state index in [0.29, 0.717) is 0 Å². The summed E-state index contributed by atoms with van der Waals surface area (Å²) in [5.74, 6) is 0. The Morgan fingerprint density at radius 2 is 2.18 bits per heavy atom. The van der Waals surface area contributed by atoms with Crippen molar-refractivity contribution in [3.05, 3.63) is 47.5 Å².